The van der Waals surface area contributed by atoms with Crippen LogP contribution in [0.4, 0.5) is 0 Å². The number of rotatable bonds is 1. The lowest BCUT2D eigenvalue weighted by atomic mass is 10.3. The topological polar surface area (TPSA) is 63.0 Å². The minimum absolute atomic E-state index is 0.168. The quantitative estimate of drug-likeness (QED) is 0.438. The largest absolute Gasteiger partial charge is 0.377 e. The molecule has 0 aromatic rings. The van der Waals surface area contributed by atoms with Crippen molar-refractivity contribution in [3.8, 4) is 6.07 Å². The second-order valence-corrected chi connectivity index (χ2v) is 5.18. The van der Waals surface area contributed by atoms with E-state index in [1.807, 2.05) is 18.6 Å². The molecule has 0 amide bonds. The van der Waals surface area contributed by atoms with Crippen molar-refractivity contribution in [3.63, 3.8) is 0 Å². The molecule has 0 bridgehead atoms. The predicted molar refractivity (Wildman–Crippen MR) is 68.2 cm³/mol. The first kappa shape index (κ1) is 11.5. The lowest BCUT2D eigenvalue weighted by molar-refractivity contribution is -0.473. The van der Waals surface area contributed by atoms with Crippen LogP contribution in [0.5, 0.6) is 0 Å². The number of hydrogen-bond donors (Lipinski definition) is 1. The fourth-order valence-corrected chi connectivity index (χ4v) is 3.43. The highest BCUT2D eigenvalue weighted by Gasteiger charge is 2.53. The molecule has 0 aromatic carbocycles. The van der Waals surface area contributed by atoms with E-state index in [1.54, 1.807) is 28.2 Å². The Balaban J connectivity index is 2.50. The van der Waals surface area contributed by atoms with Crippen LogP contribution in [0, 0.1) is 28.6 Å². The van der Waals surface area contributed by atoms with Gasteiger partial charge in [0, 0.05) is 11.0 Å². The first-order valence-electron chi connectivity index (χ1n) is 4.80. The van der Waals surface area contributed by atoms with Crippen molar-refractivity contribution in [2.24, 2.45) is 16.9 Å². The van der Waals surface area contributed by atoms with Crippen molar-refractivity contribution in [2.75, 3.05) is 12.5 Å². The molecule has 16 heavy (non-hydrogen) atoms. The number of fused-ring (bicyclic) bond motifs is 1. The molecular formula is C10H11N4S2+. The summed E-state index contributed by atoms with van der Waals surface area (Å²) in [5.74, 6) is 3.18. The Labute approximate surface area is 103 Å². The third-order valence-electron chi connectivity index (χ3n) is 2.69. The van der Waals surface area contributed by atoms with Gasteiger partial charge in [-0.1, -0.05) is 11.8 Å². The highest BCUT2D eigenvalue weighted by molar-refractivity contribution is 8.14. The van der Waals surface area contributed by atoms with Crippen LogP contribution in [0.15, 0.2) is 10.8 Å². The summed E-state index contributed by atoms with van der Waals surface area (Å²) in [4.78, 5) is 0. The van der Waals surface area contributed by atoms with Crippen molar-refractivity contribution < 1.29 is 4.68 Å². The van der Waals surface area contributed by atoms with Crippen LogP contribution in [0.3, 0.4) is 0 Å². The number of allylic oxidation sites excluding steroid dienone is 1. The van der Waals surface area contributed by atoms with Crippen LogP contribution < -0.4 is 0 Å². The molecule has 1 saturated carbocycles. The molecule has 0 saturated heterocycles. The van der Waals surface area contributed by atoms with Crippen LogP contribution in [0.1, 0.15) is 6.42 Å². The fraction of sp³-hybridized carbons (Fsp3) is 0.500. The van der Waals surface area contributed by atoms with Crippen molar-refractivity contribution in [2.45, 2.75) is 6.42 Å². The summed E-state index contributed by atoms with van der Waals surface area (Å²) >= 11 is 3.23. The molecule has 2 rings (SSSR count). The maximum Gasteiger partial charge on any atom is 0.377 e. The number of nitrogens with one attached hydrogen (secondary N) is 1. The first-order valence-corrected chi connectivity index (χ1v) is 7.25. The lowest BCUT2D eigenvalue weighted by Gasteiger charge is -2.06. The van der Waals surface area contributed by atoms with Crippen LogP contribution >= 0.6 is 23.5 Å². The van der Waals surface area contributed by atoms with Crippen molar-refractivity contribution >= 4 is 39.5 Å². The summed E-state index contributed by atoms with van der Waals surface area (Å²) in [5.41, 5.74) is 0.168. The van der Waals surface area contributed by atoms with Gasteiger partial charge in [-0.05, 0) is 23.6 Å². The van der Waals surface area contributed by atoms with Crippen LogP contribution in [0.25, 0.3) is 0 Å². The molecule has 1 aliphatic heterocycles. The van der Waals surface area contributed by atoms with Gasteiger partial charge in [-0.25, -0.2) is 0 Å². The average molecular weight is 251 g/mol. The SMILES string of the molecule is CSC1=N[N+](C(=C=N)C#N)=C(SC)[C@@H]2C[C@H]12. The van der Waals surface area contributed by atoms with E-state index >= 15 is 0 Å². The molecule has 0 aromatic heterocycles. The van der Waals surface area contributed by atoms with Crippen LogP contribution in [-0.4, -0.2) is 33.2 Å². The number of nitriles is 1. The Bertz CT molecular complexity index is 480. The molecule has 0 radical (unpaired) electrons. The van der Waals surface area contributed by atoms with E-state index in [4.69, 9.17) is 10.7 Å². The second-order valence-electron chi connectivity index (χ2n) is 3.53. The maximum atomic E-state index is 8.94. The standard InChI is InChI=1S/C10H11N4S2/c1-15-9-7-3-8(7)10(16-2)14(13-9)6(4-11)5-12/h7-8,11H,3H2,1-2H3/q+1/t7-,8+/m0/s1. The zero-order valence-electron chi connectivity index (χ0n) is 9.02. The van der Waals surface area contributed by atoms with Gasteiger partial charge in [0.05, 0.1) is 11.8 Å². The Morgan fingerprint density at radius 3 is 2.75 bits per heavy atom. The maximum absolute atomic E-state index is 8.94. The summed E-state index contributed by atoms with van der Waals surface area (Å²) in [6.45, 7) is 0. The van der Waals surface area contributed by atoms with E-state index in [0.717, 1.165) is 16.5 Å². The molecule has 0 spiro atoms. The number of hydrazone groups is 1. The van der Waals surface area contributed by atoms with E-state index in [9.17, 15) is 0 Å². The van der Waals surface area contributed by atoms with Gasteiger partial charge in [0.25, 0.3) is 5.04 Å². The van der Waals surface area contributed by atoms with Gasteiger partial charge in [-0.3, -0.25) is 5.41 Å². The number of hydrogen-bond acceptors (Lipinski definition) is 5. The number of nitrogens with zero attached hydrogens (tertiary/aromatic N) is 3. The zero-order valence-corrected chi connectivity index (χ0v) is 10.7. The summed E-state index contributed by atoms with van der Waals surface area (Å²) in [6, 6.07) is 1.96. The van der Waals surface area contributed by atoms with Gasteiger partial charge in [0.15, 0.2) is 6.07 Å². The Kier molecular flexibility index (Phi) is 3.20. The van der Waals surface area contributed by atoms with Crippen molar-refractivity contribution in [1.29, 1.82) is 10.7 Å². The molecular weight excluding hydrogens is 240 g/mol. The molecule has 1 heterocycles. The molecule has 82 valence electrons. The van der Waals surface area contributed by atoms with E-state index in [1.165, 1.54) is 0 Å². The van der Waals surface area contributed by atoms with Gasteiger partial charge in [0.2, 0.25) is 0 Å². The normalized spacial score (nSPS) is 26.4. The summed E-state index contributed by atoms with van der Waals surface area (Å²) in [7, 11) is 0. The fourth-order valence-electron chi connectivity index (χ4n) is 1.84. The molecule has 1 aliphatic carbocycles. The molecule has 2 aliphatic rings. The highest BCUT2D eigenvalue weighted by Crippen LogP contribution is 2.47. The first-order chi connectivity index (χ1) is 7.76. The van der Waals surface area contributed by atoms with Gasteiger partial charge < -0.3 is 0 Å². The van der Waals surface area contributed by atoms with E-state index in [0.29, 0.717) is 11.8 Å². The van der Waals surface area contributed by atoms with Gasteiger partial charge in [-0.15, -0.1) is 11.8 Å². The monoisotopic (exact) mass is 251 g/mol. The molecule has 0 unspecified atom stereocenters. The molecule has 6 heteroatoms. The van der Waals surface area contributed by atoms with Crippen molar-refractivity contribution in [1.82, 2.24) is 0 Å². The lowest BCUT2D eigenvalue weighted by Crippen LogP contribution is -2.23. The average Bonchev–Trinajstić information content (AvgIpc) is 3.09. The van der Waals surface area contributed by atoms with E-state index in [2.05, 4.69) is 11.0 Å². The van der Waals surface area contributed by atoms with E-state index < -0.39 is 0 Å². The Hall–Kier alpha value is -1.02. The molecule has 4 nitrogen and oxygen atoms in total. The molecule has 1 fully saturated rings. The minimum atomic E-state index is 0.168. The molecule has 1 N–H and O–H groups in total. The minimum Gasteiger partial charge on any atom is -0.252 e. The summed E-state index contributed by atoms with van der Waals surface area (Å²) < 4.78 is 1.58. The third kappa shape index (κ3) is 1.71. The highest BCUT2D eigenvalue weighted by atomic mass is 32.2. The second kappa shape index (κ2) is 4.46. The van der Waals surface area contributed by atoms with Gasteiger partial charge in [0.1, 0.15) is 5.04 Å². The van der Waals surface area contributed by atoms with Crippen molar-refractivity contribution in [3.05, 3.63) is 5.70 Å². The molecule has 2 atom stereocenters. The van der Waals surface area contributed by atoms with Gasteiger partial charge in [-0.2, -0.15) is 5.26 Å². The van der Waals surface area contributed by atoms with Gasteiger partial charge >= 0.3 is 5.70 Å². The third-order valence-corrected chi connectivity index (χ3v) is 4.38. The van der Waals surface area contributed by atoms with E-state index in [-0.39, 0.29) is 5.70 Å². The zero-order chi connectivity index (χ0) is 11.7. The Morgan fingerprint density at radius 1 is 1.50 bits per heavy atom. The van der Waals surface area contributed by atoms with Crippen LogP contribution in [0.2, 0.25) is 0 Å². The Morgan fingerprint density at radius 2 is 2.25 bits per heavy atom. The predicted octanol–water partition coefficient (Wildman–Crippen LogP) is 1.74. The van der Waals surface area contributed by atoms with Crippen LogP contribution in [-0.2, 0) is 0 Å². The smallest absolute Gasteiger partial charge is 0.252 e. The summed E-state index contributed by atoms with van der Waals surface area (Å²) in [6.07, 6.45) is 5.09. The summed E-state index contributed by atoms with van der Waals surface area (Å²) in [5, 5.41) is 22.6. The number of thioether (sulfide) groups is 2.